The van der Waals surface area contributed by atoms with Gasteiger partial charge < -0.3 is 25.1 Å². The molecule has 10 nitrogen and oxygen atoms in total. The number of aromatic nitrogens is 2. The molecule has 1 aromatic heterocycles. The maximum Gasteiger partial charge on any atom is 0.336 e. The number of likely N-dealkylation sites (N-methyl/N-ethyl adjacent to an activating group) is 1. The van der Waals surface area contributed by atoms with E-state index in [4.69, 9.17) is 9.47 Å². The molecule has 2 amide bonds. The first-order chi connectivity index (χ1) is 18.3. The van der Waals surface area contributed by atoms with Crippen LogP contribution in [-0.2, 0) is 30.5 Å². The molecule has 0 saturated carbocycles. The van der Waals surface area contributed by atoms with Gasteiger partial charge in [-0.1, -0.05) is 50.5 Å². The first-order valence-electron chi connectivity index (χ1n) is 13.4. The van der Waals surface area contributed by atoms with E-state index in [0.717, 1.165) is 0 Å². The molecular weight excluding hydrogens is 580 g/mol. The number of hydrogen-bond acceptors (Lipinski definition) is 7. The van der Waals surface area contributed by atoms with E-state index in [1.807, 2.05) is 34.6 Å². The average molecular weight is 624 g/mol. The van der Waals surface area contributed by atoms with Crippen LogP contribution in [0.4, 0.5) is 0 Å². The fourth-order valence-corrected chi connectivity index (χ4v) is 4.71. The van der Waals surface area contributed by atoms with Gasteiger partial charge in [0.05, 0.1) is 23.4 Å². The Hall–Kier alpha value is -2.79. The van der Waals surface area contributed by atoms with Gasteiger partial charge in [0, 0.05) is 11.5 Å². The van der Waals surface area contributed by atoms with Crippen LogP contribution in [0, 0.1) is 24.2 Å². The molecule has 3 atom stereocenters. The number of hydrogen-bond donors (Lipinski definition) is 3. The van der Waals surface area contributed by atoms with E-state index in [0.29, 0.717) is 33.2 Å². The molecule has 0 saturated heterocycles. The average Bonchev–Trinajstić information content (AvgIpc) is 2.79. The van der Waals surface area contributed by atoms with Crippen LogP contribution in [0.3, 0.4) is 0 Å². The van der Waals surface area contributed by atoms with Crippen LogP contribution in [0.5, 0.6) is 0 Å². The summed E-state index contributed by atoms with van der Waals surface area (Å²) in [6, 6.07) is 2.53. The summed E-state index contributed by atoms with van der Waals surface area (Å²) in [5.41, 5.74) is -0.595. The molecule has 2 rings (SSSR count). The number of amides is 2. The molecule has 0 aliphatic rings. The third kappa shape index (κ3) is 9.12. The minimum absolute atomic E-state index is 0.0256. The van der Waals surface area contributed by atoms with Gasteiger partial charge >= 0.3 is 5.97 Å². The SMILES string of the molecule is CNC(=O)[C@@H](NC(=O)[C@H](CC(C)C)[C@H](OCc1cc2c(=O)[nH]c(C)nc2cc1Br)C(=O)OC(C)(C)C)C(C)(C)C. The maximum absolute atomic E-state index is 13.8. The quantitative estimate of drug-likeness (QED) is 0.338. The van der Waals surface area contributed by atoms with Crippen LogP contribution in [-0.4, -0.2) is 52.5 Å². The zero-order valence-electron chi connectivity index (χ0n) is 25.2. The summed E-state index contributed by atoms with van der Waals surface area (Å²) in [6.07, 6.45) is -0.966. The lowest BCUT2D eigenvalue weighted by atomic mass is 9.84. The van der Waals surface area contributed by atoms with Crippen molar-refractivity contribution in [2.24, 2.45) is 17.3 Å². The predicted octanol–water partition coefficient (Wildman–Crippen LogP) is 4.16. The highest BCUT2D eigenvalue weighted by atomic mass is 79.9. The molecule has 0 bridgehead atoms. The molecule has 11 heteroatoms. The van der Waals surface area contributed by atoms with E-state index < -0.39 is 41.0 Å². The second-order valence-electron chi connectivity index (χ2n) is 12.5. The molecule has 0 aliphatic carbocycles. The number of aromatic amines is 1. The zero-order chi connectivity index (χ0) is 30.6. The van der Waals surface area contributed by atoms with Crippen molar-refractivity contribution in [2.45, 2.75) is 93.1 Å². The summed E-state index contributed by atoms with van der Waals surface area (Å²) in [7, 11) is 1.51. The molecule has 0 aliphatic heterocycles. The Morgan fingerprint density at radius 1 is 1.07 bits per heavy atom. The first kappa shape index (κ1) is 33.4. The number of nitrogens with zero attached hydrogens (tertiary/aromatic N) is 1. The second kappa shape index (κ2) is 13.2. The van der Waals surface area contributed by atoms with Gasteiger partial charge in [0.2, 0.25) is 11.8 Å². The van der Waals surface area contributed by atoms with E-state index in [2.05, 4.69) is 36.5 Å². The summed E-state index contributed by atoms with van der Waals surface area (Å²) >= 11 is 3.52. The molecule has 40 heavy (non-hydrogen) atoms. The van der Waals surface area contributed by atoms with Crippen molar-refractivity contribution in [2.75, 3.05) is 7.05 Å². The molecule has 0 fully saturated rings. The largest absolute Gasteiger partial charge is 0.458 e. The number of ether oxygens (including phenoxy) is 2. The lowest BCUT2D eigenvalue weighted by Crippen LogP contribution is -2.56. The number of benzene rings is 1. The van der Waals surface area contributed by atoms with Gasteiger partial charge in [-0.15, -0.1) is 0 Å². The normalized spacial score (nSPS) is 14.5. The molecular formula is C29H43BrN4O6. The predicted molar refractivity (Wildman–Crippen MR) is 158 cm³/mol. The topological polar surface area (TPSA) is 139 Å². The van der Waals surface area contributed by atoms with Crippen molar-refractivity contribution in [3.8, 4) is 0 Å². The van der Waals surface area contributed by atoms with Gasteiger partial charge in [-0.25, -0.2) is 9.78 Å². The molecule has 0 spiro atoms. The molecule has 0 unspecified atom stereocenters. The number of nitrogens with one attached hydrogen (secondary N) is 3. The Morgan fingerprint density at radius 3 is 2.23 bits per heavy atom. The van der Waals surface area contributed by atoms with Crippen molar-refractivity contribution < 1.29 is 23.9 Å². The monoisotopic (exact) mass is 622 g/mol. The fraction of sp³-hybridized carbons (Fsp3) is 0.621. The lowest BCUT2D eigenvalue weighted by molar-refractivity contribution is -0.176. The summed E-state index contributed by atoms with van der Waals surface area (Å²) in [6.45, 7) is 16.2. The Labute approximate surface area is 244 Å². The van der Waals surface area contributed by atoms with Gasteiger partial charge in [-0.3, -0.25) is 14.4 Å². The van der Waals surface area contributed by atoms with Crippen LogP contribution in [0.1, 0.15) is 73.2 Å². The Morgan fingerprint density at radius 2 is 1.70 bits per heavy atom. The van der Waals surface area contributed by atoms with Gasteiger partial charge in [-0.2, -0.15) is 0 Å². The van der Waals surface area contributed by atoms with Crippen LogP contribution in [0.25, 0.3) is 10.9 Å². The van der Waals surface area contributed by atoms with E-state index in [1.54, 1.807) is 39.8 Å². The number of esters is 1. The number of carbonyl (C=O) groups is 3. The number of aryl methyl sites for hydroxylation is 1. The smallest absolute Gasteiger partial charge is 0.336 e. The van der Waals surface area contributed by atoms with Gasteiger partial charge in [-0.05, 0) is 63.1 Å². The summed E-state index contributed by atoms with van der Waals surface area (Å²) in [4.78, 5) is 59.5. The van der Waals surface area contributed by atoms with Crippen molar-refractivity contribution in [3.05, 3.63) is 38.3 Å². The van der Waals surface area contributed by atoms with E-state index in [9.17, 15) is 19.2 Å². The van der Waals surface area contributed by atoms with E-state index in [1.165, 1.54) is 7.05 Å². The summed E-state index contributed by atoms with van der Waals surface area (Å²) in [5, 5.41) is 5.83. The number of carbonyl (C=O) groups excluding carboxylic acids is 3. The van der Waals surface area contributed by atoms with E-state index >= 15 is 0 Å². The summed E-state index contributed by atoms with van der Waals surface area (Å²) in [5.74, 6) is -1.94. The number of halogens is 1. The highest BCUT2D eigenvalue weighted by molar-refractivity contribution is 9.10. The van der Waals surface area contributed by atoms with Crippen molar-refractivity contribution >= 4 is 44.6 Å². The number of H-pyrrole nitrogens is 1. The minimum Gasteiger partial charge on any atom is -0.458 e. The molecule has 222 valence electrons. The van der Waals surface area contributed by atoms with Crippen molar-refractivity contribution in [1.29, 1.82) is 0 Å². The highest BCUT2D eigenvalue weighted by Gasteiger charge is 2.41. The van der Waals surface area contributed by atoms with Crippen LogP contribution >= 0.6 is 15.9 Å². The third-order valence-electron chi connectivity index (χ3n) is 6.14. The van der Waals surface area contributed by atoms with Crippen molar-refractivity contribution in [3.63, 3.8) is 0 Å². The molecule has 1 heterocycles. The van der Waals surface area contributed by atoms with Crippen molar-refractivity contribution in [1.82, 2.24) is 20.6 Å². The van der Waals surface area contributed by atoms with Crippen LogP contribution < -0.4 is 16.2 Å². The zero-order valence-corrected chi connectivity index (χ0v) is 26.7. The first-order valence-corrected chi connectivity index (χ1v) is 14.2. The lowest BCUT2D eigenvalue weighted by Gasteiger charge is -2.34. The van der Waals surface area contributed by atoms with E-state index in [-0.39, 0.29) is 24.0 Å². The molecule has 3 N–H and O–H groups in total. The van der Waals surface area contributed by atoms with Gasteiger partial charge in [0.25, 0.3) is 5.56 Å². The number of rotatable bonds is 10. The maximum atomic E-state index is 13.8. The second-order valence-corrected chi connectivity index (χ2v) is 13.4. The Kier molecular flexibility index (Phi) is 11.1. The van der Waals surface area contributed by atoms with Crippen LogP contribution in [0.2, 0.25) is 0 Å². The third-order valence-corrected chi connectivity index (χ3v) is 6.88. The summed E-state index contributed by atoms with van der Waals surface area (Å²) < 4.78 is 12.5. The molecule has 1 aromatic carbocycles. The van der Waals surface area contributed by atoms with Gasteiger partial charge in [0.15, 0.2) is 6.10 Å². The highest BCUT2D eigenvalue weighted by Crippen LogP contribution is 2.28. The Bertz CT molecular complexity index is 1290. The van der Waals surface area contributed by atoms with Gasteiger partial charge in [0.1, 0.15) is 17.5 Å². The number of fused-ring (bicyclic) bond motifs is 1. The Balaban J connectivity index is 2.50. The molecule has 2 aromatic rings. The fourth-order valence-electron chi connectivity index (χ4n) is 4.27. The van der Waals surface area contributed by atoms with Crippen LogP contribution in [0.15, 0.2) is 21.4 Å². The minimum atomic E-state index is -1.27. The molecule has 0 radical (unpaired) electrons. The standard InChI is InChI=1S/C29H43BrN4O6/c1-15(2)11-19(25(36)34-23(26(37)31-10)28(4,5)6)22(27(38)40-29(7,8)9)39-14-17-12-18-21(13-20(17)30)32-16(3)33-24(18)35/h12-13,15,19,22-23H,11,14H2,1-10H3,(H,31,37)(H,34,36)(H,32,33,35)/t19-,22+,23-/m1/s1.